The number of piperazine rings is 1. The fourth-order valence-electron chi connectivity index (χ4n) is 2.85. The zero-order valence-corrected chi connectivity index (χ0v) is 14.7. The van der Waals surface area contributed by atoms with Gasteiger partial charge in [0.25, 0.3) is 5.91 Å². The summed E-state index contributed by atoms with van der Waals surface area (Å²) < 4.78 is 5.33. The number of hydrogen-bond acceptors (Lipinski definition) is 5. The molecule has 2 rings (SSSR count). The average molecular weight is 334 g/mol. The van der Waals surface area contributed by atoms with Crippen molar-refractivity contribution in [3.63, 3.8) is 0 Å². The first-order valence-corrected chi connectivity index (χ1v) is 8.18. The van der Waals surface area contributed by atoms with Crippen molar-refractivity contribution in [3.8, 4) is 0 Å². The third-order valence-electron chi connectivity index (χ3n) is 3.89. The van der Waals surface area contributed by atoms with E-state index in [0.717, 1.165) is 10.5 Å². The molecule has 2 atom stereocenters. The molecule has 132 valence electrons. The van der Waals surface area contributed by atoms with Gasteiger partial charge in [0.1, 0.15) is 11.6 Å². The zero-order valence-electron chi connectivity index (χ0n) is 14.7. The molecule has 0 saturated carbocycles. The second-order valence-corrected chi connectivity index (χ2v) is 7.15. The predicted molar refractivity (Wildman–Crippen MR) is 90.3 cm³/mol. The summed E-state index contributed by atoms with van der Waals surface area (Å²) in [6.45, 7) is 7.79. The van der Waals surface area contributed by atoms with Crippen LogP contribution in [0.1, 0.15) is 33.3 Å². The molecule has 0 unspecified atom stereocenters. The van der Waals surface area contributed by atoms with E-state index in [0.29, 0.717) is 13.1 Å². The lowest BCUT2D eigenvalue weighted by atomic mass is 10.1. The van der Waals surface area contributed by atoms with Crippen molar-refractivity contribution < 1.29 is 19.4 Å². The minimum Gasteiger partial charge on any atom is -0.443 e. The first-order chi connectivity index (χ1) is 11.2. The monoisotopic (exact) mass is 334 g/mol. The van der Waals surface area contributed by atoms with Crippen LogP contribution < -0.4 is 0 Å². The Morgan fingerprint density at radius 2 is 1.92 bits per heavy atom. The summed E-state index contributed by atoms with van der Waals surface area (Å²) in [4.78, 5) is 28.1. The van der Waals surface area contributed by atoms with Crippen molar-refractivity contribution >= 4 is 12.0 Å². The number of rotatable bonds is 3. The highest BCUT2D eigenvalue weighted by Crippen LogP contribution is 2.22. The van der Waals surface area contributed by atoms with Gasteiger partial charge in [-0.05, 0) is 33.3 Å². The Morgan fingerprint density at radius 3 is 2.46 bits per heavy atom. The van der Waals surface area contributed by atoms with Crippen LogP contribution >= 0.6 is 0 Å². The molecule has 1 aliphatic heterocycles. The van der Waals surface area contributed by atoms with E-state index >= 15 is 0 Å². The van der Waals surface area contributed by atoms with Gasteiger partial charge in [-0.15, -0.1) is 0 Å². The molecule has 1 N–H and O–H groups in total. The van der Waals surface area contributed by atoms with E-state index in [1.807, 2.05) is 42.2 Å². The first-order valence-electron chi connectivity index (χ1n) is 8.18. The Labute approximate surface area is 143 Å². The van der Waals surface area contributed by atoms with Crippen LogP contribution in [0.5, 0.6) is 0 Å². The van der Waals surface area contributed by atoms with Gasteiger partial charge < -0.3 is 9.84 Å². The summed E-state index contributed by atoms with van der Waals surface area (Å²) >= 11 is 0. The topological polar surface area (TPSA) is 70.1 Å². The number of hydrogen-bond donors (Lipinski definition) is 1. The lowest BCUT2D eigenvalue weighted by Crippen LogP contribution is -2.63. The zero-order chi connectivity index (χ0) is 17.9. The van der Waals surface area contributed by atoms with E-state index in [2.05, 4.69) is 0 Å². The molecule has 0 aliphatic carbocycles. The number of ether oxygens (including phenoxy) is 1. The summed E-state index contributed by atoms with van der Waals surface area (Å²) in [7, 11) is 0. The van der Waals surface area contributed by atoms with E-state index in [1.54, 1.807) is 20.8 Å². The number of amides is 2. The molecular formula is C18H26N2O4. The molecule has 2 amide bonds. The quantitative estimate of drug-likeness (QED) is 0.916. The number of carbonyl (C=O) groups is 2. The number of carbonyl (C=O) groups excluding carboxylic acids is 2. The Balaban J connectivity index is 2.15. The SMILES string of the molecule is C[C@H]1CN(Cc2ccccc2)[C@H](CO)C(=O)N1C(=O)OC(C)(C)C. The smallest absolute Gasteiger partial charge is 0.417 e. The summed E-state index contributed by atoms with van der Waals surface area (Å²) in [6.07, 6.45) is -0.655. The molecule has 1 saturated heterocycles. The lowest BCUT2D eigenvalue weighted by Gasteiger charge is -2.43. The minimum absolute atomic E-state index is 0.320. The van der Waals surface area contributed by atoms with Crippen LogP contribution in [0.2, 0.25) is 0 Å². The van der Waals surface area contributed by atoms with Gasteiger partial charge in [-0.3, -0.25) is 9.69 Å². The first kappa shape index (κ1) is 18.4. The van der Waals surface area contributed by atoms with Crippen LogP contribution in [-0.2, 0) is 16.1 Å². The highest BCUT2D eigenvalue weighted by Gasteiger charge is 2.42. The fraction of sp³-hybridized carbons (Fsp3) is 0.556. The molecule has 1 aromatic carbocycles. The molecule has 6 heteroatoms. The van der Waals surface area contributed by atoms with Crippen molar-refractivity contribution in [2.45, 2.75) is 51.9 Å². The van der Waals surface area contributed by atoms with Crippen LogP contribution in [0.25, 0.3) is 0 Å². The predicted octanol–water partition coefficient (Wildman–Crippen LogP) is 2.02. The van der Waals surface area contributed by atoms with Gasteiger partial charge in [0.05, 0.1) is 12.6 Å². The van der Waals surface area contributed by atoms with E-state index in [9.17, 15) is 14.7 Å². The molecule has 0 bridgehead atoms. The highest BCUT2D eigenvalue weighted by atomic mass is 16.6. The number of imide groups is 1. The fourth-order valence-corrected chi connectivity index (χ4v) is 2.85. The van der Waals surface area contributed by atoms with E-state index < -0.39 is 23.6 Å². The second-order valence-electron chi connectivity index (χ2n) is 7.15. The summed E-state index contributed by atoms with van der Waals surface area (Å²) in [5, 5.41) is 9.69. The summed E-state index contributed by atoms with van der Waals surface area (Å²) in [6, 6.07) is 8.69. The van der Waals surface area contributed by atoms with Crippen LogP contribution in [-0.4, -0.2) is 57.7 Å². The standard InChI is InChI=1S/C18H26N2O4/c1-13-10-19(11-14-8-6-5-7-9-14)15(12-21)16(22)20(13)17(23)24-18(2,3)4/h5-9,13,15,21H,10-12H2,1-4H3/t13-,15+/m0/s1. The molecule has 1 fully saturated rings. The second kappa shape index (κ2) is 7.32. The van der Waals surface area contributed by atoms with E-state index in [1.165, 1.54) is 0 Å². The Bertz CT molecular complexity index is 582. The molecule has 1 heterocycles. The van der Waals surface area contributed by atoms with Crippen molar-refractivity contribution in [3.05, 3.63) is 35.9 Å². The van der Waals surface area contributed by atoms with Gasteiger partial charge in [-0.25, -0.2) is 9.69 Å². The molecule has 1 aromatic rings. The Kier molecular flexibility index (Phi) is 5.62. The summed E-state index contributed by atoms with van der Waals surface area (Å²) in [5.41, 5.74) is 0.383. The largest absolute Gasteiger partial charge is 0.443 e. The van der Waals surface area contributed by atoms with Gasteiger partial charge in [0, 0.05) is 13.1 Å². The van der Waals surface area contributed by atoms with Gasteiger partial charge >= 0.3 is 6.09 Å². The van der Waals surface area contributed by atoms with Crippen LogP contribution in [0.4, 0.5) is 4.79 Å². The number of aliphatic hydroxyl groups excluding tert-OH is 1. The molecule has 0 spiro atoms. The average Bonchev–Trinajstić information content (AvgIpc) is 2.46. The van der Waals surface area contributed by atoms with Crippen LogP contribution in [0.3, 0.4) is 0 Å². The van der Waals surface area contributed by atoms with Crippen LogP contribution in [0.15, 0.2) is 30.3 Å². The maximum absolute atomic E-state index is 12.7. The van der Waals surface area contributed by atoms with E-state index in [-0.39, 0.29) is 12.6 Å². The molecule has 0 aromatic heterocycles. The van der Waals surface area contributed by atoms with Gasteiger partial charge in [0.2, 0.25) is 0 Å². The number of aliphatic hydroxyl groups is 1. The minimum atomic E-state index is -0.742. The summed E-state index contributed by atoms with van der Waals surface area (Å²) in [5.74, 6) is -0.415. The molecule has 1 aliphatic rings. The van der Waals surface area contributed by atoms with Gasteiger partial charge in [-0.2, -0.15) is 0 Å². The number of benzene rings is 1. The highest BCUT2D eigenvalue weighted by molar-refractivity contribution is 5.96. The maximum atomic E-state index is 12.7. The van der Waals surface area contributed by atoms with Crippen LogP contribution in [0, 0.1) is 0 Å². The number of nitrogens with zero attached hydrogens (tertiary/aromatic N) is 2. The van der Waals surface area contributed by atoms with Crippen molar-refractivity contribution in [1.82, 2.24) is 9.80 Å². The molecular weight excluding hydrogens is 308 g/mol. The van der Waals surface area contributed by atoms with Crippen molar-refractivity contribution in [1.29, 1.82) is 0 Å². The van der Waals surface area contributed by atoms with Crippen molar-refractivity contribution in [2.75, 3.05) is 13.2 Å². The van der Waals surface area contributed by atoms with E-state index in [4.69, 9.17) is 4.74 Å². The third-order valence-corrected chi connectivity index (χ3v) is 3.89. The lowest BCUT2D eigenvalue weighted by molar-refractivity contribution is -0.146. The molecule has 24 heavy (non-hydrogen) atoms. The van der Waals surface area contributed by atoms with Crippen molar-refractivity contribution in [2.24, 2.45) is 0 Å². The maximum Gasteiger partial charge on any atom is 0.417 e. The Morgan fingerprint density at radius 1 is 1.29 bits per heavy atom. The third kappa shape index (κ3) is 4.33. The van der Waals surface area contributed by atoms with Gasteiger partial charge in [0.15, 0.2) is 0 Å². The Hall–Kier alpha value is -1.92. The van der Waals surface area contributed by atoms with Gasteiger partial charge in [-0.1, -0.05) is 30.3 Å². The normalized spacial score (nSPS) is 22.5. The molecule has 0 radical (unpaired) electrons. The molecule has 6 nitrogen and oxygen atoms in total.